The average Bonchev–Trinajstić information content (AvgIpc) is 1.59. The number of rotatable bonds is 10. The second-order valence-electron chi connectivity index (χ2n) is 42.2. The van der Waals surface area contributed by atoms with Crippen molar-refractivity contribution in [3.05, 3.63) is 493 Å². The van der Waals surface area contributed by atoms with E-state index in [9.17, 15) is 0 Å². The first-order valence-corrected chi connectivity index (χ1v) is 52.4. The molecule has 0 fully saturated rings. The largest absolute Gasteiger partial charge is 0.309 e. The zero-order valence-electron chi connectivity index (χ0n) is 83.6. The summed E-state index contributed by atoms with van der Waals surface area (Å²) in [6.07, 6.45) is 0. The molecule has 4 aliphatic rings. The van der Waals surface area contributed by atoms with Gasteiger partial charge in [0.05, 0.1) is 95.4 Å². The zero-order chi connectivity index (χ0) is 99.6. The molecule has 0 radical (unpaired) electrons. The van der Waals surface area contributed by atoms with Gasteiger partial charge in [0.1, 0.15) is 0 Å². The molecule has 8 aromatic heterocycles. The molecule has 27 aromatic rings. The number of thiophene rings is 1. The maximum Gasteiger partial charge on any atom is 0.162 e. The summed E-state index contributed by atoms with van der Waals surface area (Å²) < 4.78 is 12.3. The summed E-state index contributed by atoms with van der Waals surface area (Å²) in [4.78, 5) is 32.8. The van der Waals surface area contributed by atoms with Crippen molar-refractivity contribution in [2.24, 2.45) is 0 Å². The molecule has 0 spiro atoms. The molecular formula is C138H98N10S. The third kappa shape index (κ3) is 13.1. The first-order chi connectivity index (χ1) is 73.0. The Hall–Kier alpha value is -18.2. The van der Waals surface area contributed by atoms with Crippen LogP contribution in [0, 0.1) is 0 Å². The molecule has 19 aromatic carbocycles. The first kappa shape index (κ1) is 87.4. The third-order valence-electron chi connectivity index (χ3n) is 32.5. The van der Waals surface area contributed by atoms with Crippen LogP contribution in [-0.2, 0) is 21.7 Å². The molecule has 8 heterocycles. The standard InChI is InChI=1S/C49H34N4.C46H35N3.C43H29N3S/c1-49(2)39-25-13-9-23-35(39)47-45(49)46(31-17-5-3-6-18-31)50-48(51-47)36-24-12-16-28-42(36)53-41-27-15-11-22-34(41)38-29-43-37(30-44(38)53)33-21-10-14-26-40(33)52(43)32-19-7-4-8-20-32;1-45(2)35-22-12-8-18-29(35)33-27-40-34(26-37(33)45)30-19-10-14-24-38(30)49(40)39-25-15-11-21-32(39)44-47-42(28-16-6-5-7-17-28)41-43(48-44)31-20-9-13-23-36(31)46(41,3)4;1-43(2)33-20-10-6-18-29(33)41-39(43)40(26-14-4-3-5-15-26)44-42(45-41)30-19-8-12-22-35(30)46-34-21-11-7-16-27(34)31-25-38-32(24-36(31)46)28-17-9-13-23-37(28)47-38/h3-30H,1-2H3;5-27H,1-4H3;3-25H,1-2H3. The van der Waals surface area contributed by atoms with Crippen LogP contribution >= 0.6 is 11.3 Å². The Morgan fingerprint density at radius 2 is 0.450 bits per heavy atom. The molecule has 0 aliphatic heterocycles. The van der Waals surface area contributed by atoms with Gasteiger partial charge in [-0.3, -0.25) is 0 Å². The Bertz CT molecular complexity index is 10300. The fraction of sp³-hybridized carbons (Fsp3) is 0.0870. The van der Waals surface area contributed by atoms with Gasteiger partial charge in [0.15, 0.2) is 17.5 Å². The Labute approximate surface area is 866 Å². The molecule has 31 rings (SSSR count). The van der Waals surface area contributed by atoms with Crippen LogP contribution in [0.5, 0.6) is 0 Å². The lowest BCUT2D eigenvalue weighted by molar-refractivity contribution is 0.657. The second kappa shape index (κ2) is 33.2. The third-order valence-corrected chi connectivity index (χ3v) is 33.6. The summed E-state index contributed by atoms with van der Waals surface area (Å²) in [5.74, 6) is 2.19. The summed E-state index contributed by atoms with van der Waals surface area (Å²) in [5, 5.41) is 12.5. The van der Waals surface area contributed by atoms with Crippen LogP contribution in [0.1, 0.15) is 99.9 Å². The predicted octanol–water partition coefficient (Wildman–Crippen LogP) is 35.4. The molecule has 11 heteroatoms. The maximum atomic E-state index is 5.49. The number of nitrogens with zero attached hydrogens (tertiary/aromatic N) is 10. The first-order valence-electron chi connectivity index (χ1n) is 51.6. The fourth-order valence-corrected chi connectivity index (χ4v) is 26.7. The van der Waals surface area contributed by atoms with Gasteiger partial charge in [0, 0.05) is 157 Å². The van der Waals surface area contributed by atoms with Crippen LogP contribution in [0.15, 0.2) is 449 Å². The lowest BCUT2D eigenvalue weighted by Crippen LogP contribution is -2.17. The minimum atomic E-state index is -0.244. The summed E-state index contributed by atoms with van der Waals surface area (Å²) >= 11 is 1.87. The van der Waals surface area contributed by atoms with E-state index in [1.807, 2.05) is 11.3 Å². The van der Waals surface area contributed by atoms with Gasteiger partial charge in [-0.1, -0.05) is 389 Å². The molecule has 0 saturated heterocycles. The van der Waals surface area contributed by atoms with E-state index < -0.39 is 0 Å². The van der Waals surface area contributed by atoms with Gasteiger partial charge in [-0.05, 0) is 154 Å². The lowest BCUT2D eigenvalue weighted by atomic mass is 9.81. The summed E-state index contributed by atoms with van der Waals surface area (Å²) in [6, 6.07) is 162. The Morgan fingerprint density at radius 1 is 0.174 bits per heavy atom. The van der Waals surface area contributed by atoms with Gasteiger partial charge >= 0.3 is 0 Å². The smallest absolute Gasteiger partial charge is 0.162 e. The monoisotopic (exact) mass is 1930 g/mol. The SMILES string of the molecule is CC1(C)c2ccccc2-c2cc3c(cc21)c1ccccc1n3-c1ccccc1-c1nc(-c2ccccc2)c2c(n1)-c1ccccc1C2(C)C.CC1(C)c2ccccc2-c2nc(-c3ccccc3-n3c4ccccc4c4cc5c(cc43)c3ccccc3n5-c3ccccc3)nc(-c3ccccc3)c21.CC1(C)c2ccccc2-c2nc(-c3ccccc3-n3c4ccccc4c4cc5sc6ccccc6c5cc43)nc(-c3ccccc3)c21. The Balaban J connectivity index is 0.000000105. The number of fused-ring (bicyclic) bond motifs is 27. The number of para-hydroxylation sites is 8. The highest BCUT2D eigenvalue weighted by Gasteiger charge is 2.45. The van der Waals surface area contributed by atoms with E-state index in [2.05, 4.69) is 523 Å². The minimum Gasteiger partial charge on any atom is -0.309 e. The van der Waals surface area contributed by atoms with E-state index in [-0.39, 0.29) is 21.7 Å². The Morgan fingerprint density at radius 3 is 0.846 bits per heavy atom. The molecule has 0 unspecified atom stereocenters. The molecule has 0 bridgehead atoms. The van der Waals surface area contributed by atoms with Crippen LogP contribution in [0.2, 0.25) is 0 Å². The summed E-state index contributed by atoms with van der Waals surface area (Å²) in [7, 11) is 0. The number of hydrogen-bond donors (Lipinski definition) is 0. The minimum absolute atomic E-state index is 0.0720. The maximum absolute atomic E-state index is 5.49. The van der Waals surface area contributed by atoms with Crippen LogP contribution in [0.3, 0.4) is 0 Å². The van der Waals surface area contributed by atoms with E-state index in [1.165, 1.54) is 169 Å². The number of benzene rings is 19. The van der Waals surface area contributed by atoms with Gasteiger partial charge in [-0.2, -0.15) is 0 Å². The Kier molecular flexibility index (Phi) is 19.5. The second-order valence-corrected chi connectivity index (χ2v) is 43.3. The van der Waals surface area contributed by atoms with Crippen LogP contribution in [-0.4, -0.2) is 48.2 Å². The van der Waals surface area contributed by atoms with Crippen molar-refractivity contribution in [3.63, 3.8) is 0 Å². The topological polar surface area (TPSA) is 97.1 Å². The normalized spacial score (nSPS) is 13.9. The molecule has 0 saturated carbocycles. The molecule has 706 valence electrons. The molecule has 0 N–H and O–H groups in total. The van der Waals surface area contributed by atoms with E-state index >= 15 is 0 Å². The molecule has 149 heavy (non-hydrogen) atoms. The van der Waals surface area contributed by atoms with E-state index in [4.69, 9.17) is 29.9 Å². The van der Waals surface area contributed by atoms with Crippen molar-refractivity contribution < 1.29 is 0 Å². The number of aromatic nitrogens is 10. The van der Waals surface area contributed by atoms with Gasteiger partial charge in [0.25, 0.3) is 0 Å². The number of hydrogen-bond acceptors (Lipinski definition) is 7. The lowest BCUT2D eigenvalue weighted by Gasteiger charge is -2.24. The van der Waals surface area contributed by atoms with Crippen LogP contribution < -0.4 is 0 Å². The van der Waals surface area contributed by atoms with E-state index in [0.717, 1.165) is 119 Å². The molecule has 4 aliphatic carbocycles. The summed E-state index contributed by atoms with van der Waals surface area (Å²) in [6.45, 7) is 18.5. The molecule has 10 nitrogen and oxygen atoms in total. The van der Waals surface area contributed by atoms with Crippen molar-refractivity contribution in [3.8, 4) is 136 Å². The van der Waals surface area contributed by atoms with Crippen LogP contribution in [0.4, 0.5) is 0 Å². The van der Waals surface area contributed by atoms with Gasteiger partial charge in [-0.15, -0.1) is 11.3 Å². The van der Waals surface area contributed by atoms with E-state index in [0.29, 0.717) is 0 Å². The van der Waals surface area contributed by atoms with Crippen LogP contribution in [0.25, 0.3) is 243 Å². The highest BCUT2D eigenvalue weighted by molar-refractivity contribution is 7.25. The average molecular weight is 1930 g/mol. The van der Waals surface area contributed by atoms with Crippen molar-refractivity contribution in [2.45, 2.75) is 77.0 Å². The van der Waals surface area contributed by atoms with Gasteiger partial charge in [0.2, 0.25) is 0 Å². The highest BCUT2D eigenvalue weighted by Crippen LogP contribution is 2.58. The zero-order valence-corrected chi connectivity index (χ0v) is 84.4. The van der Waals surface area contributed by atoms with E-state index in [1.54, 1.807) is 0 Å². The molecule has 0 atom stereocenters. The van der Waals surface area contributed by atoms with Crippen molar-refractivity contribution >= 4 is 119 Å². The predicted molar refractivity (Wildman–Crippen MR) is 619 cm³/mol. The quantitative estimate of drug-likeness (QED) is 0.135. The fourth-order valence-electron chi connectivity index (χ4n) is 25.6. The van der Waals surface area contributed by atoms with Crippen molar-refractivity contribution in [1.29, 1.82) is 0 Å². The molecular weight excluding hydrogens is 1830 g/mol. The van der Waals surface area contributed by atoms with Gasteiger partial charge < -0.3 is 18.3 Å². The summed E-state index contributed by atoms with van der Waals surface area (Å²) in [5.41, 5.74) is 41.7. The van der Waals surface area contributed by atoms with Crippen molar-refractivity contribution in [2.75, 3.05) is 0 Å². The highest BCUT2D eigenvalue weighted by atomic mass is 32.1. The van der Waals surface area contributed by atoms with Gasteiger partial charge in [-0.25, -0.2) is 29.9 Å². The van der Waals surface area contributed by atoms with Crippen molar-refractivity contribution in [1.82, 2.24) is 48.2 Å². The molecule has 0 amide bonds.